The number of esters is 1. The average Bonchev–Trinajstić information content (AvgIpc) is 3.02. The molecule has 2 heterocycles. The smallest absolute Gasteiger partial charge is 0.357 e. The Hall–Kier alpha value is -2.70. The van der Waals surface area contributed by atoms with Gasteiger partial charge in [-0.05, 0) is 19.1 Å². The maximum absolute atomic E-state index is 12.5. The van der Waals surface area contributed by atoms with Gasteiger partial charge in [0, 0.05) is 0 Å². The molecule has 0 radical (unpaired) electrons. The van der Waals surface area contributed by atoms with E-state index in [-0.39, 0.29) is 12.3 Å². The summed E-state index contributed by atoms with van der Waals surface area (Å²) >= 11 is 0. The topological polar surface area (TPSA) is 85.3 Å². The van der Waals surface area contributed by atoms with E-state index in [4.69, 9.17) is 9.57 Å². The number of oxime groups is 1. The van der Waals surface area contributed by atoms with Crippen molar-refractivity contribution in [1.82, 2.24) is 0 Å². The number of para-hydroxylation sites is 1. The third kappa shape index (κ3) is 1.97. The molecule has 0 spiro atoms. The summed E-state index contributed by atoms with van der Waals surface area (Å²) in [6.07, 6.45) is -1.09. The van der Waals surface area contributed by atoms with Crippen LogP contribution in [0.2, 0.25) is 0 Å². The largest absolute Gasteiger partial charge is 0.461 e. The Morgan fingerprint density at radius 2 is 2.00 bits per heavy atom. The summed E-state index contributed by atoms with van der Waals surface area (Å²) in [4.78, 5) is 42.5. The number of ether oxygens (including phenoxy) is 1. The SMILES string of the molecule is CCOC(=O)C1=NO[C@@H]2C(=O)N(c3ccccc3)C(=O)[C@@H]12. The van der Waals surface area contributed by atoms with Crippen LogP contribution in [-0.2, 0) is 24.0 Å². The number of hydrogen-bond acceptors (Lipinski definition) is 6. The average molecular weight is 288 g/mol. The Bertz CT molecular complexity index is 640. The number of amides is 2. The van der Waals surface area contributed by atoms with Crippen molar-refractivity contribution in [2.75, 3.05) is 11.5 Å². The molecule has 7 heteroatoms. The summed E-state index contributed by atoms with van der Waals surface area (Å²) in [7, 11) is 0. The predicted octanol–water partition coefficient (Wildman–Crippen LogP) is 0.494. The monoisotopic (exact) mass is 288 g/mol. The zero-order valence-electron chi connectivity index (χ0n) is 11.2. The first kappa shape index (κ1) is 13.3. The first-order chi connectivity index (χ1) is 10.1. The predicted molar refractivity (Wildman–Crippen MR) is 71.4 cm³/mol. The van der Waals surface area contributed by atoms with Crippen LogP contribution in [-0.4, -0.2) is 36.2 Å². The summed E-state index contributed by atoms with van der Waals surface area (Å²) in [6.45, 7) is 1.80. The van der Waals surface area contributed by atoms with E-state index in [9.17, 15) is 14.4 Å². The number of carbonyl (C=O) groups excluding carboxylic acids is 3. The Kier molecular flexibility index (Phi) is 3.17. The fraction of sp³-hybridized carbons (Fsp3) is 0.286. The third-order valence-electron chi connectivity index (χ3n) is 3.31. The highest BCUT2D eigenvalue weighted by molar-refractivity contribution is 6.46. The van der Waals surface area contributed by atoms with Gasteiger partial charge in [-0.3, -0.25) is 9.59 Å². The lowest BCUT2D eigenvalue weighted by molar-refractivity contribution is -0.136. The number of fused-ring (bicyclic) bond motifs is 1. The summed E-state index contributed by atoms with van der Waals surface area (Å²) in [5.74, 6) is -2.82. The lowest BCUT2D eigenvalue weighted by atomic mass is 10.00. The fourth-order valence-corrected chi connectivity index (χ4v) is 2.38. The normalized spacial score (nSPS) is 23.7. The lowest BCUT2D eigenvalue weighted by Crippen LogP contribution is -2.34. The van der Waals surface area contributed by atoms with E-state index in [1.165, 1.54) is 0 Å². The van der Waals surface area contributed by atoms with E-state index in [2.05, 4.69) is 5.16 Å². The van der Waals surface area contributed by atoms with E-state index >= 15 is 0 Å². The highest BCUT2D eigenvalue weighted by atomic mass is 16.7. The molecule has 3 rings (SSSR count). The van der Waals surface area contributed by atoms with Crippen LogP contribution >= 0.6 is 0 Å². The number of carbonyl (C=O) groups is 3. The summed E-state index contributed by atoms with van der Waals surface area (Å²) < 4.78 is 4.83. The second kappa shape index (κ2) is 5.01. The molecule has 0 aromatic heterocycles. The zero-order valence-corrected chi connectivity index (χ0v) is 11.2. The Balaban J connectivity index is 1.91. The molecule has 108 valence electrons. The highest BCUT2D eigenvalue weighted by Gasteiger charge is 2.57. The van der Waals surface area contributed by atoms with Crippen LogP contribution in [0, 0.1) is 5.92 Å². The van der Waals surface area contributed by atoms with Crippen molar-refractivity contribution in [2.24, 2.45) is 11.1 Å². The molecule has 1 fully saturated rings. The molecule has 0 N–H and O–H groups in total. The van der Waals surface area contributed by atoms with Crippen LogP contribution in [0.25, 0.3) is 0 Å². The second-order valence-corrected chi connectivity index (χ2v) is 4.55. The Morgan fingerprint density at radius 1 is 1.29 bits per heavy atom. The Labute approximate surface area is 120 Å². The van der Waals surface area contributed by atoms with Gasteiger partial charge < -0.3 is 9.57 Å². The minimum atomic E-state index is -1.09. The van der Waals surface area contributed by atoms with Crippen molar-refractivity contribution in [3.8, 4) is 0 Å². The van der Waals surface area contributed by atoms with Gasteiger partial charge in [-0.2, -0.15) is 0 Å². The Morgan fingerprint density at radius 3 is 2.67 bits per heavy atom. The van der Waals surface area contributed by atoms with Crippen LogP contribution < -0.4 is 4.90 Å². The quantitative estimate of drug-likeness (QED) is 0.597. The molecule has 0 unspecified atom stereocenters. The van der Waals surface area contributed by atoms with Crippen molar-refractivity contribution < 1.29 is 24.0 Å². The van der Waals surface area contributed by atoms with Crippen LogP contribution in [0.15, 0.2) is 35.5 Å². The first-order valence-corrected chi connectivity index (χ1v) is 6.49. The molecule has 1 saturated heterocycles. The minimum absolute atomic E-state index is 0.153. The van der Waals surface area contributed by atoms with Gasteiger partial charge in [-0.15, -0.1) is 0 Å². The fourth-order valence-electron chi connectivity index (χ4n) is 2.38. The number of hydrogen-bond donors (Lipinski definition) is 0. The molecule has 2 aliphatic rings. The van der Waals surface area contributed by atoms with Crippen molar-refractivity contribution in [1.29, 1.82) is 0 Å². The van der Waals surface area contributed by atoms with Crippen molar-refractivity contribution in [2.45, 2.75) is 13.0 Å². The maximum atomic E-state index is 12.5. The van der Waals surface area contributed by atoms with Gasteiger partial charge in [-0.25, -0.2) is 9.69 Å². The van der Waals surface area contributed by atoms with Crippen molar-refractivity contribution in [3.05, 3.63) is 30.3 Å². The molecule has 0 saturated carbocycles. The van der Waals surface area contributed by atoms with Gasteiger partial charge in [-0.1, -0.05) is 23.4 Å². The molecular weight excluding hydrogens is 276 g/mol. The molecule has 0 bridgehead atoms. The standard InChI is InChI=1S/C14H12N2O5/c1-2-20-14(19)10-9-11(21-15-10)13(18)16(12(9)17)8-6-4-3-5-7-8/h3-7,9,11H,2H2,1H3/t9-,11-/m0/s1. The van der Waals surface area contributed by atoms with Gasteiger partial charge in [0.2, 0.25) is 12.0 Å². The van der Waals surface area contributed by atoms with Gasteiger partial charge >= 0.3 is 5.97 Å². The van der Waals surface area contributed by atoms with Crippen molar-refractivity contribution >= 4 is 29.2 Å². The van der Waals surface area contributed by atoms with E-state index in [1.54, 1.807) is 37.3 Å². The van der Waals surface area contributed by atoms with Crippen LogP contribution in [0.4, 0.5) is 5.69 Å². The van der Waals surface area contributed by atoms with Gasteiger partial charge in [0.1, 0.15) is 5.92 Å². The number of imide groups is 1. The molecule has 2 aliphatic heterocycles. The molecule has 1 aromatic rings. The number of nitrogens with zero attached hydrogens (tertiary/aromatic N) is 2. The van der Waals surface area contributed by atoms with Gasteiger partial charge in [0.05, 0.1) is 12.3 Å². The maximum Gasteiger partial charge on any atom is 0.357 e. The highest BCUT2D eigenvalue weighted by Crippen LogP contribution is 2.33. The van der Waals surface area contributed by atoms with E-state index in [0.717, 1.165) is 4.90 Å². The van der Waals surface area contributed by atoms with E-state index in [0.29, 0.717) is 5.69 Å². The molecule has 1 aromatic carbocycles. The minimum Gasteiger partial charge on any atom is -0.461 e. The van der Waals surface area contributed by atoms with Gasteiger partial charge in [0.25, 0.3) is 5.91 Å². The number of rotatable bonds is 3. The van der Waals surface area contributed by atoms with E-state index < -0.39 is 29.8 Å². The molecule has 0 aliphatic carbocycles. The van der Waals surface area contributed by atoms with Crippen LogP contribution in [0.3, 0.4) is 0 Å². The summed E-state index contributed by atoms with van der Waals surface area (Å²) in [5, 5.41) is 3.54. The number of benzene rings is 1. The number of anilines is 1. The van der Waals surface area contributed by atoms with Gasteiger partial charge in [0.15, 0.2) is 5.71 Å². The van der Waals surface area contributed by atoms with Crippen molar-refractivity contribution in [3.63, 3.8) is 0 Å². The first-order valence-electron chi connectivity index (χ1n) is 6.49. The third-order valence-corrected chi connectivity index (χ3v) is 3.31. The molecule has 2 atom stereocenters. The zero-order chi connectivity index (χ0) is 15.0. The lowest BCUT2D eigenvalue weighted by Gasteiger charge is -2.14. The van der Waals surface area contributed by atoms with E-state index in [1.807, 2.05) is 0 Å². The van der Waals surface area contributed by atoms with Crippen LogP contribution in [0.1, 0.15) is 6.92 Å². The molecular formula is C14H12N2O5. The molecule has 2 amide bonds. The molecule has 7 nitrogen and oxygen atoms in total. The molecule has 21 heavy (non-hydrogen) atoms. The summed E-state index contributed by atoms with van der Waals surface area (Å²) in [5.41, 5.74) is 0.285. The van der Waals surface area contributed by atoms with Crippen LogP contribution in [0.5, 0.6) is 0 Å². The second-order valence-electron chi connectivity index (χ2n) is 4.55. The summed E-state index contributed by atoms with van der Waals surface area (Å²) in [6, 6.07) is 8.48.